The van der Waals surface area contributed by atoms with E-state index < -0.39 is 22.5 Å². The van der Waals surface area contributed by atoms with E-state index in [2.05, 4.69) is 6.92 Å². The first-order chi connectivity index (χ1) is 14.0. The molecule has 0 aliphatic heterocycles. The monoisotopic (exact) mass is 469 g/mol. The number of sulfonamides is 1. The van der Waals surface area contributed by atoms with Gasteiger partial charge in [-0.15, -0.1) is 0 Å². The third-order valence-corrected chi connectivity index (χ3v) is 6.26. The Morgan fingerprint density at radius 2 is 1.10 bits per heavy atom. The molecule has 5 nitrogen and oxygen atoms in total. The fraction of sp³-hybridized carbons (Fsp3) is 0.870. The van der Waals surface area contributed by atoms with Crippen LogP contribution in [-0.2, 0) is 14.8 Å². The number of hydrogen-bond acceptors (Lipinski definition) is 4. The summed E-state index contributed by atoms with van der Waals surface area (Å²) in [5.74, 6) is -1.44. The number of carboxylic acids is 1. The fourth-order valence-corrected chi connectivity index (χ4v) is 4.19. The van der Waals surface area contributed by atoms with Gasteiger partial charge >= 0.3 is 51.4 Å². The van der Waals surface area contributed by atoms with Crippen molar-refractivity contribution >= 4 is 16.0 Å². The molecule has 0 aliphatic carbocycles. The molecule has 30 heavy (non-hydrogen) atoms. The van der Waals surface area contributed by atoms with E-state index in [1.165, 1.54) is 96.3 Å². The molecule has 7 heteroatoms. The van der Waals surface area contributed by atoms with Crippen LogP contribution < -0.4 is 61.2 Å². The predicted molar refractivity (Wildman–Crippen MR) is 120 cm³/mol. The Kier molecular flexibility index (Phi) is 26.8. The van der Waals surface area contributed by atoms with Crippen LogP contribution in [0.3, 0.4) is 0 Å². The minimum atomic E-state index is -3.65. The van der Waals surface area contributed by atoms with Crippen LogP contribution in [0.25, 0.3) is 0 Å². The number of nitrogens with one attached hydrogen (secondary N) is 1. The SMILES string of the molecule is CCCCCCCCCCCCCCCCCCC/C=C/S(=O)(=O)NCC(=O)[O-].[K+]. The van der Waals surface area contributed by atoms with E-state index in [1.54, 1.807) is 6.08 Å². The van der Waals surface area contributed by atoms with Gasteiger partial charge in [-0.1, -0.05) is 116 Å². The average Bonchev–Trinajstić information content (AvgIpc) is 2.68. The molecule has 0 saturated heterocycles. The largest absolute Gasteiger partial charge is 1.00 e. The number of carbonyl (C=O) groups is 1. The number of allylic oxidation sites excluding steroid dienone is 1. The maximum Gasteiger partial charge on any atom is 1.00 e. The van der Waals surface area contributed by atoms with Gasteiger partial charge in [-0.25, -0.2) is 13.1 Å². The van der Waals surface area contributed by atoms with E-state index in [1.807, 2.05) is 4.72 Å². The second-order valence-corrected chi connectivity index (χ2v) is 9.71. The minimum Gasteiger partial charge on any atom is -0.549 e. The van der Waals surface area contributed by atoms with Gasteiger partial charge in [0.2, 0.25) is 10.0 Å². The first-order valence-corrected chi connectivity index (χ1v) is 13.4. The summed E-state index contributed by atoms with van der Waals surface area (Å²) < 4.78 is 24.8. The standard InChI is InChI=1S/C23H45NO4S.K/c1-2-3-4-5-6-7-8-9-10-11-12-13-14-15-16-17-18-19-20-21-29(27,28)24-22-23(25)26;/h20-21,24H,2-19,22H2,1H3,(H,25,26);/q;+1/p-1/b21-20+;. The van der Waals surface area contributed by atoms with E-state index in [0.717, 1.165) is 18.2 Å². The average molecular weight is 470 g/mol. The van der Waals surface area contributed by atoms with E-state index in [-0.39, 0.29) is 51.4 Å². The van der Waals surface area contributed by atoms with Gasteiger partial charge in [0.25, 0.3) is 0 Å². The molecule has 1 N–H and O–H groups in total. The summed E-state index contributed by atoms with van der Waals surface area (Å²) in [4.78, 5) is 10.2. The summed E-state index contributed by atoms with van der Waals surface area (Å²) in [6, 6.07) is 0. The summed E-state index contributed by atoms with van der Waals surface area (Å²) in [5.41, 5.74) is 0. The number of carbonyl (C=O) groups excluding carboxylic acids is 1. The zero-order chi connectivity index (χ0) is 21.6. The Morgan fingerprint density at radius 3 is 1.47 bits per heavy atom. The molecule has 0 radical (unpaired) electrons. The molecule has 0 fully saturated rings. The van der Waals surface area contributed by atoms with Gasteiger partial charge in [0.05, 0.1) is 12.5 Å². The maximum atomic E-state index is 11.4. The molecule has 0 aromatic heterocycles. The Bertz CT molecular complexity index is 509. The van der Waals surface area contributed by atoms with Crippen LogP contribution in [0.5, 0.6) is 0 Å². The molecule has 0 bridgehead atoms. The zero-order valence-electron chi connectivity index (χ0n) is 19.6. The maximum absolute atomic E-state index is 11.4. The van der Waals surface area contributed by atoms with E-state index in [0.29, 0.717) is 6.42 Å². The van der Waals surface area contributed by atoms with Gasteiger partial charge in [-0.05, 0) is 12.8 Å². The Morgan fingerprint density at radius 1 is 0.733 bits per heavy atom. The number of unbranched alkanes of at least 4 members (excludes halogenated alkanes) is 17. The van der Waals surface area contributed by atoms with Crippen LogP contribution in [0, 0.1) is 0 Å². The van der Waals surface area contributed by atoms with Crippen LogP contribution in [0.4, 0.5) is 0 Å². The summed E-state index contributed by atoms with van der Waals surface area (Å²) in [7, 11) is -3.65. The first-order valence-electron chi connectivity index (χ1n) is 11.8. The fourth-order valence-electron chi connectivity index (χ4n) is 3.39. The van der Waals surface area contributed by atoms with Gasteiger partial charge in [-0.3, -0.25) is 0 Å². The number of hydrogen-bond donors (Lipinski definition) is 1. The van der Waals surface area contributed by atoms with Crippen LogP contribution in [0.15, 0.2) is 11.5 Å². The van der Waals surface area contributed by atoms with Crippen molar-refractivity contribution in [3.63, 3.8) is 0 Å². The predicted octanol–water partition coefficient (Wildman–Crippen LogP) is 2.22. The van der Waals surface area contributed by atoms with Gasteiger partial charge in [-0.2, -0.15) is 0 Å². The molecule has 0 amide bonds. The molecule has 0 aromatic carbocycles. The van der Waals surface area contributed by atoms with Crippen LogP contribution in [0.2, 0.25) is 0 Å². The van der Waals surface area contributed by atoms with E-state index in [9.17, 15) is 18.3 Å². The third kappa shape index (κ3) is 26.8. The van der Waals surface area contributed by atoms with Gasteiger partial charge in [0, 0.05) is 5.41 Å². The Balaban J connectivity index is 0. The molecule has 0 rings (SSSR count). The Hall–Kier alpha value is 0.756. The summed E-state index contributed by atoms with van der Waals surface area (Å²) in [6.45, 7) is 1.58. The van der Waals surface area contributed by atoms with Crippen LogP contribution >= 0.6 is 0 Å². The number of carboxylic acid groups (broad SMARTS) is 1. The number of aliphatic carboxylic acids is 1. The van der Waals surface area contributed by atoms with Gasteiger partial charge < -0.3 is 9.90 Å². The molecule has 0 spiro atoms. The summed E-state index contributed by atoms with van der Waals surface area (Å²) in [6.07, 6.45) is 24.8. The molecule has 0 atom stereocenters. The topological polar surface area (TPSA) is 86.3 Å². The normalized spacial score (nSPS) is 11.6. The molecular formula is C23H44KNO4S. The molecule has 0 aromatic rings. The quantitative estimate of drug-likeness (QED) is 0.195. The van der Waals surface area contributed by atoms with Crippen molar-refractivity contribution in [1.82, 2.24) is 4.72 Å². The zero-order valence-corrected chi connectivity index (χ0v) is 23.6. The first kappa shape index (κ1) is 32.9. The van der Waals surface area contributed by atoms with Crippen molar-refractivity contribution in [2.24, 2.45) is 0 Å². The van der Waals surface area contributed by atoms with Crippen molar-refractivity contribution in [2.75, 3.05) is 6.54 Å². The summed E-state index contributed by atoms with van der Waals surface area (Å²) >= 11 is 0. The molecule has 0 saturated carbocycles. The van der Waals surface area contributed by atoms with Crippen molar-refractivity contribution in [3.05, 3.63) is 11.5 Å². The second kappa shape index (κ2) is 24.4. The van der Waals surface area contributed by atoms with Crippen molar-refractivity contribution in [2.45, 2.75) is 122 Å². The molecule has 0 unspecified atom stereocenters. The van der Waals surface area contributed by atoms with Crippen molar-refractivity contribution in [3.8, 4) is 0 Å². The third-order valence-electron chi connectivity index (χ3n) is 5.17. The molecule has 0 heterocycles. The molecular weight excluding hydrogens is 425 g/mol. The smallest absolute Gasteiger partial charge is 0.549 e. The number of rotatable bonds is 22. The van der Waals surface area contributed by atoms with Crippen LogP contribution in [-0.4, -0.2) is 20.9 Å². The van der Waals surface area contributed by atoms with E-state index in [4.69, 9.17) is 0 Å². The minimum absolute atomic E-state index is 0. The second-order valence-electron chi connectivity index (χ2n) is 8.06. The summed E-state index contributed by atoms with van der Waals surface area (Å²) in [5, 5.41) is 11.3. The van der Waals surface area contributed by atoms with Crippen molar-refractivity contribution in [1.29, 1.82) is 0 Å². The Labute approximate surface area is 228 Å². The van der Waals surface area contributed by atoms with Crippen LogP contribution in [0.1, 0.15) is 122 Å². The molecule has 172 valence electrons. The van der Waals surface area contributed by atoms with Gasteiger partial charge in [0.15, 0.2) is 0 Å². The van der Waals surface area contributed by atoms with E-state index >= 15 is 0 Å². The van der Waals surface area contributed by atoms with Crippen molar-refractivity contribution < 1.29 is 69.7 Å². The molecule has 0 aliphatic rings. The van der Waals surface area contributed by atoms with Gasteiger partial charge in [0.1, 0.15) is 0 Å².